The number of hydrogen-bond acceptors (Lipinski definition) is 3. The Hall–Kier alpha value is -1.13. The minimum atomic E-state index is -0.103. The molecule has 1 aliphatic rings. The molecule has 21 heavy (non-hydrogen) atoms. The van der Waals surface area contributed by atoms with E-state index in [1.165, 1.54) is 0 Å². The normalized spacial score (nSPS) is 21.6. The van der Waals surface area contributed by atoms with E-state index in [0.717, 1.165) is 43.9 Å². The first-order valence-electron chi connectivity index (χ1n) is 8.01. The van der Waals surface area contributed by atoms with Gasteiger partial charge in [0.05, 0.1) is 5.69 Å². The van der Waals surface area contributed by atoms with Gasteiger partial charge in [0, 0.05) is 31.7 Å². The van der Waals surface area contributed by atoms with Gasteiger partial charge in [0.2, 0.25) is 0 Å². The second-order valence-electron chi connectivity index (χ2n) is 6.19. The summed E-state index contributed by atoms with van der Waals surface area (Å²) in [5.41, 5.74) is 1.76. The van der Waals surface area contributed by atoms with Gasteiger partial charge in [0.25, 0.3) is 0 Å². The molecule has 1 aliphatic heterocycles. The highest BCUT2D eigenvalue weighted by molar-refractivity contribution is 5.51. The highest BCUT2D eigenvalue weighted by Gasteiger charge is 2.24. The predicted molar refractivity (Wildman–Crippen MR) is 87.4 cm³/mol. The van der Waals surface area contributed by atoms with Gasteiger partial charge in [-0.25, -0.2) is 4.39 Å². The second-order valence-corrected chi connectivity index (χ2v) is 6.19. The molecule has 4 heteroatoms. The van der Waals surface area contributed by atoms with Crippen molar-refractivity contribution in [3.8, 4) is 0 Å². The van der Waals surface area contributed by atoms with E-state index in [4.69, 9.17) is 0 Å². The molecular formula is C17H28FN3. The van der Waals surface area contributed by atoms with Crippen molar-refractivity contribution in [2.24, 2.45) is 0 Å². The van der Waals surface area contributed by atoms with Gasteiger partial charge in [0.15, 0.2) is 0 Å². The first kappa shape index (κ1) is 16.2. The molecule has 3 nitrogen and oxygen atoms in total. The van der Waals surface area contributed by atoms with Crippen LogP contribution in [0.1, 0.15) is 38.8 Å². The van der Waals surface area contributed by atoms with Crippen molar-refractivity contribution < 1.29 is 4.39 Å². The Kier molecular flexibility index (Phi) is 5.59. The molecule has 0 aromatic heterocycles. The first-order chi connectivity index (χ1) is 10.0. The van der Waals surface area contributed by atoms with Crippen LogP contribution in [0.4, 0.5) is 10.1 Å². The summed E-state index contributed by atoms with van der Waals surface area (Å²) in [6.07, 6.45) is 1.09. The van der Waals surface area contributed by atoms with Crippen molar-refractivity contribution in [3.63, 3.8) is 0 Å². The summed E-state index contributed by atoms with van der Waals surface area (Å²) < 4.78 is 14.5. The smallest absolute Gasteiger partial charge is 0.146 e. The number of nitrogens with one attached hydrogen (secondary N) is 1. The summed E-state index contributed by atoms with van der Waals surface area (Å²) in [4.78, 5) is 4.48. The number of nitrogens with zero attached hydrogens (tertiary/aromatic N) is 2. The number of anilines is 1. The van der Waals surface area contributed by atoms with Gasteiger partial charge in [-0.3, -0.25) is 0 Å². The van der Waals surface area contributed by atoms with Gasteiger partial charge in [-0.15, -0.1) is 0 Å². The number of rotatable bonds is 5. The Morgan fingerprint density at radius 2 is 2.14 bits per heavy atom. The minimum absolute atomic E-state index is 0.103. The third-order valence-corrected chi connectivity index (χ3v) is 4.31. The van der Waals surface area contributed by atoms with Crippen LogP contribution >= 0.6 is 0 Å². The fraction of sp³-hybridized carbons (Fsp3) is 0.647. The van der Waals surface area contributed by atoms with Crippen molar-refractivity contribution >= 4 is 5.69 Å². The van der Waals surface area contributed by atoms with Crippen molar-refractivity contribution in [3.05, 3.63) is 29.6 Å². The van der Waals surface area contributed by atoms with Crippen LogP contribution in [0.3, 0.4) is 0 Å². The van der Waals surface area contributed by atoms with Gasteiger partial charge < -0.3 is 15.1 Å². The first-order valence-corrected chi connectivity index (χ1v) is 8.01. The molecule has 1 aromatic rings. The average Bonchev–Trinajstić information content (AvgIpc) is 2.45. The van der Waals surface area contributed by atoms with Crippen LogP contribution < -0.4 is 10.2 Å². The molecule has 2 unspecified atom stereocenters. The average molecular weight is 293 g/mol. The van der Waals surface area contributed by atoms with Crippen LogP contribution in [0.2, 0.25) is 0 Å². The summed E-state index contributed by atoms with van der Waals surface area (Å²) in [6.45, 7) is 10.2. The number of benzene rings is 1. The Morgan fingerprint density at radius 1 is 1.38 bits per heavy atom. The molecule has 1 saturated heterocycles. The molecule has 0 amide bonds. The Bertz CT molecular complexity index is 463. The predicted octanol–water partition coefficient (Wildman–Crippen LogP) is 3.03. The van der Waals surface area contributed by atoms with Gasteiger partial charge in [-0.1, -0.05) is 13.0 Å². The molecule has 1 aromatic carbocycles. The van der Waals surface area contributed by atoms with Crippen molar-refractivity contribution in [2.45, 2.75) is 39.3 Å². The number of halogens is 1. The largest absolute Gasteiger partial charge is 0.364 e. The zero-order valence-corrected chi connectivity index (χ0v) is 13.7. The number of likely N-dealkylation sites (N-methyl/N-ethyl adjacent to an activating group) is 1. The highest BCUT2D eigenvalue weighted by atomic mass is 19.1. The molecule has 2 atom stereocenters. The van der Waals surface area contributed by atoms with Gasteiger partial charge >= 0.3 is 0 Å². The highest BCUT2D eigenvalue weighted by Crippen LogP contribution is 2.26. The van der Waals surface area contributed by atoms with E-state index in [1.54, 1.807) is 6.07 Å². The third kappa shape index (κ3) is 3.95. The lowest BCUT2D eigenvalue weighted by atomic mass is 10.1. The molecule has 1 heterocycles. The maximum absolute atomic E-state index is 14.5. The molecule has 0 bridgehead atoms. The second kappa shape index (κ2) is 7.23. The van der Waals surface area contributed by atoms with E-state index in [0.29, 0.717) is 6.04 Å². The van der Waals surface area contributed by atoms with Crippen LogP contribution in [0.5, 0.6) is 0 Å². The van der Waals surface area contributed by atoms with Gasteiger partial charge in [0.1, 0.15) is 5.82 Å². The van der Waals surface area contributed by atoms with E-state index in [-0.39, 0.29) is 11.9 Å². The van der Waals surface area contributed by atoms with E-state index in [9.17, 15) is 4.39 Å². The topological polar surface area (TPSA) is 18.5 Å². The molecule has 0 radical (unpaired) electrons. The van der Waals surface area contributed by atoms with E-state index in [1.807, 2.05) is 6.07 Å². The van der Waals surface area contributed by atoms with E-state index < -0.39 is 0 Å². The number of piperazine rings is 1. The Morgan fingerprint density at radius 3 is 2.76 bits per heavy atom. The van der Waals surface area contributed by atoms with Gasteiger partial charge in [-0.2, -0.15) is 0 Å². The van der Waals surface area contributed by atoms with Crippen LogP contribution in [0.15, 0.2) is 18.2 Å². The van der Waals surface area contributed by atoms with E-state index >= 15 is 0 Å². The summed E-state index contributed by atoms with van der Waals surface area (Å²) in [7, 11) is 2.12. The summed E-state index contributed by atoms with van der Waals surface area (Å²) >= 11 is 0. The monoisotopic (exact) mass is 293 g/mol. The van der Waals surface area contributed by atoms with Gasteiger partial charge in [-0.05, 0) is 51.6 Å². The molecule has 0 spiro atoms. The SMILES string of the molecule is CCCNC(C)c1ccc(N2CCN(C)CC2C)c(F)c1. The van der Waals surface area contributed by atoms with E-state index in [2.05, 4.69) is 49.0 Å². The lowest BCUT2D eigenvalue weighted by molar-refractivity contribution is 0.274. The molecular weight excluding hydrogens is 265 g/mol. The summed E-state index contributed by atoms with van der Waals surface area (Å²) in [5.74, 6) is -0.103. The van der Waals surface area contributed by atoms with Crippen molar-refractivity contribution in [1.29, 1.82) is 0 Å². The Labute approximate surface area is 128 Å². The molecule has 1 N–H and O–H groups in total. The quantitative estimate of drug-likeness (QED) is 0.900. The van der Waals surface area contributed by atoms with Crippen LogP contribution in [-0.2, 0) is 0 Å². The number of hydrogen-bond donors (Lipinski definition) is 1. The summed E-state index contributed by atoms with van der Waals surface area (Å²) in [5, 5.41) is 3.40. The van der Waals surface area contributed by atoms with Crippen LogP contribution in [0.25, 0.3) is 0 Å². The Balaban J connectivity index is 2.12. The molecule has 118 valence electrons. The standard InChI is InChI=1S/C17H28FN3/c1-5-8-19-14(3)15-6-7-17(16(18)11-15)21-10-9-20(4)12-13(21)2/h6-7,11,13-14,19H,5,8-10,12H2,1-4H3. The maximum atomic E-state index is 14.5. The van der Waals surface area contributed by atoms with Crippen molar-refractivity contribution in [2.75, 3.05) is 38.1 Å². The molecule has 0 aliphatic carbocycles. The zero-order chi connectivity index (χ0) is 15.4. The van der Waals surface area contributed by atoms with Crippen LogP contribution in [-0.4, -0.2) is 44.2 Å². The lowest BCUT2D eigenvalue weighted by Crippen LogP contribution is -2.50. The fourth-order valence-electron chi connectivity index (χ4n) is 3.00. The van der Waals surface area contributed by atoms with Crippen LogP contribution in [0, 0.1) is 5.82 Å². The maximum Gasteiger partial charge on any atom is 0.146 e. The lowest BCUT2D eigenvalue weighted by Gasteiger charge is -2.40. The minimum Gasteiger partial charge on any atom is -0.364 e. The molecule has 1 fully saturated rings. The molecule has 0 saturated carbocycles. The third-order valence-electron chi connectivity index (χ3n) is 4.31. The molecule has 2 rings (SSSR count). The van der Waals surface area contributed by atoms with Crippen molar-refractivity contribution in [1.82, 2.24) is 10.2 Å². The zero-order valence-electron chi connectivity index (χ0n) is 13.7. The summed E-state index contributed by atoms with van der Waals surface area (Å²) in [6, 6.07) is 6.22. The fourth-order valence-corrected chi connectivity index (χ4v) is 3.00.